The lowest BCUT2D eigenvalue weighted by atomic mass is 9.93. The van der Waals surface area contributed by atoms with Gasteiger partial charge in [-0.1, -0.05) is 33.6 Å². The van der Waals surface area contributed by atoms with Crippen molar-refractivity contribution in [1.29, 1.82) is 0 Å². The predicted molar refractivity (Wildman–Crippen MR) is 90.4 cm³/mol. The van der Waals surface area contributed by atoms with Crippen LogP contribution in [0.4, 0.5) is 0 Å². The van der Waals surface area contributed by atoms with Gasteiger partial charge >= 0.3 is 0 Å². The van der Waals surface area contributed by atoms with Crippen molar-refractivity contribution in [1.82, 2.24) is 5.32 Å². The Morgan fingerprint density at radius 3 is 2.76 bits per heavy atom. The maximum absolute atomic E-state index is 6.08. The van der Waals surface area contributed by atoms with Crippen molar-refractivity contribution >= 4 is 27.5 Å². The second-order valence-electron chi connectivity index (χ2n) is 5.30. The zero-order valence-corrected chi connectivity index (χ0v) is 14.4. The van der Waals surface area contributed by atoms with E-state index in [2.05, 4.69) is 46.4 Å². The van der Waals surface area contributed by atoms with Gasteiger partial charge in [0.1, 0.15) is 5.75 Å². The molecule has 0 bridgehead atoms. The molecule has 21 heavy (non-hydrogen) atoms. The Kier molecular flexibility index (Phi) is 4.25. The number of hydrogen-bond donors (Lipinski definition) is 1. The summed E-state index contributed by atoms with van der Waals surface area (Å²) in [5, 5.41) is 4.17. The number of nitrogens with one attached hydrogen (secondary N) is 1. The van der Waals surface area contributed by atoms with Crippen molar-refractivity contribution < 1.29 is 4.74 Å². The number of benzene rings is 2. The van der Waals surface area contributed by atoms with Crippen LogP contribution in [0.15, 0.2) is 34.8 Å². The van der Waals surface area contributed by atoms with E-state index in [-0.39, 0.29) is 6.04 Å². The van der Waals surface area contributed by atoms with Gasteiger partial charge in [-0.3, -0.25) is 0 Å². The van der Waals surface area contributed by atoms with Gasteiger partial charge < -0.3 is 10.1 Å². The maximum Gasteiger partial charge on any atom is 0.127 e. The van der Waals surface area contributed by atoms with E-state index in [9.17, 15) is 0 Å². The molecule has 0 amide bonds. The summed E-state index contributed by atoms with van der Waals surface area (Å²) in [7, 11) is 1.97. The number of aryl methyl sites for hydroxylation is 1. The fourth-order valence-corrected chi connectivity index (χ4v) is 3.70. The molecule has 2 nitrogen and oxygen atoms in total. The predicted octanol–water partition coefficient (Wildman–Crippen LogP) is 4.65. The topological polar surface area (TPSA) is 21.3 Å². The van der Waals surface area contributed by atoms with Gasteiger partial charge in [0.15, 0.2) is 0 Å². The molecular formula is C17H17BrClNO. The van der Waals surface area contributed by atoms with Gasteiger partial charge in [-0.25, -0.2) is 0 Å². The summed E-state index contributed by atoms with van der Waals surface area (Å²) in [6, 6.07) is 10.4. The SMILES string of the molecule is CNC(c1ccc(Cl)cc1C)c1cc(Br)cc2c1OCC2. The van der Waals surface area contributed by atoms with E-state index < -0.39 is 0 Å². The molecule has 1 aliphatic heterocycles. The summed E-state index contributed by atoms with van der Waals surface area (Å²) < 4.78 is 6.96. The molecule has 3 rings (SSSR count). The first-order chi connectivity index (χ1) is 10.1. The first-order valence-corrected chi connectivity index (χ1v) is 8.15. The summed E-state index contributed by atoms with van der Waals surface area (Å²) in [5.74, 6) is 1.02. The molecule has 1 aliphatic rings. The molecule has 0 radical (unpaired) electrons. The highest BCUT2D eigenvalue weighted by atomic mass is 79.9. The molecule has 0 aliphatic carbocycles. The molecule has 1 heterocycles. The van der Waals surface area contributed by atoms with Crippen LogP contribution in [-0.2, 0) is 6.42 Å². The minimum atomic E-state index is 0.0895. The Hall–Kier alpha value is -1.03. The second-order valence-corrected chi connectivity index (χ2v) is 6.66. The Bertz CT molecular complexity index is 687. The zero-order chi connectivity index (χ0) is 15.0. The number of rotatable bonds is 3. The lowest BCUT2D eigenvalue weighted by Gasteiger charge is -2.22. The number of ether oxygens (including phenoxy) is 1. The fraction of sp³-hybridized carbons (Fsp3) is 0.294. The monoisotopic (exact) mass is 365 g/mol. The molecule has 0 saturated heterocycles. The average Bonchev–Trinajstić information content (AvgIpc) is 2.89. The van der Waals surface area contributed by atoms with Gasteiger partial charge in [-0.15, -0.1) is 0 Å². The van der Waals surface area contributed by atoms with Crippen molar-refractivity contribution in [2.24, 2.45) is 0 Å². The maximum atomic E-state index is 6.08. The average molecular weight is 367 g/mol. The first kappa shape index (κ1) is 14.9. The summed E-state index contributed by atoms with van der Waals surface area (Å²) in [5.41, 5.74) is 4.84. The van der Waals surface area contributed by atoms with E-state index in [0.29, 0.717) is 0 Å². The zero-order valence-electron chi connectivity index (χ0n) is 12.0. The molecule has 2 aromatic rings. The van der Waals surface area contributed by atoms with Gasteiger partial charge in [0.05, 0.1) is 12.6 Å². The second kappa shape index (κ2) is 5.99. The smallest absolute Gasteiger partial charge is 0.127 e. The summed E-state index contributed by atoms with van der Waals surface area (Å²) in [6.45, 7) is 2.85. The van der Waals surface area contributed by atoms with Gasteiger partial charge in [-0.2, -0.15) is 0 Å². The van der Waals surface area contributed by atoms with E-state index in [1.54, 1.807) is 0 Å². The number of fused-ring (bicyclic) bond motifs is 1. The Balaban J connectivity index is 2.13. The largest absolute Gasteiger partial charge is 0.493 e. The van der Waals surface area contributed by atoms with E-state index in [0.717, 1.165) is 28.3 Å². The summed E-state index contributed by atoms with van der Waals surface area (Å²) >= 11 is 9.69. The molecule has 0 spiro atoms. The Morgan fingerprint density at radius 2 is 2.05 bits per heavy atom. The molecule has 1 atom stereocenters. The van der Waals surface area contributed by atoms with Crippen molar-refractivity contribution in [3.8, 4) is 5.75 Å². The third-order valence-electron chi connectivity index (χ3n) is 3.92. The van der Waals surface area contributed by atoms with E-state index in [1.807, 2.05) is 19.2 Å². The van der Waals surface area contributed by atoms with Gasteiger partial charge in [0, 0.05) is 21.5 Å². The van der Waals surface area contributed by atoms with Gasteiger partial charge in [0.25, 0.3) is 0 Å². The van der Waals surface area contributed by atoms with Crippen LogP contribution in [0.25, 0.3) is 0 Å². The Morgan fingerprint density at radius 1 is 1.24 bits per heavy atom. The molecule has 4 heteroatoms. The normalized spacial score (nSPS) is 14.7. The highest BCUT2D eigenvalue weighted by molar-refractivity contribution is 9.10. The first-order valence-electron chi connectivity index (χ1n) is 6.98. The number of hydrogen-bond acceptors (Lipinski definition) is 2. The third kappa shape index (κ3) is 2.83. The molecular weight excluding hydrogens is 350 g/mol. The van der Waals surface area contributed by atoms with E-state index >= 15 is 0 Å². The summed E-state index contributed by atoms with van der Waals surface area (Å²) in [4.78, 5) is 0. The molecule has 1 unspecified atom stereocenters. The van der Waals surface area contributed by atoms with Crippen LogP contribution in [-0.4, -0.2) is 13.7 Å². The van der Waals surface area contributed by atoms with Crippen molar-refractivity contribution in [3.63, 3.8) is 0 Å². The number of halogens is 2. The van der Waals surface area contributed by atoms with Crippen molar-refractivity contribution in [3.05, 3.63) is 62.1 Å². The molecule has 0 saturated carbocycles. The highest BCUT2D eigenvalue weighted by Crippen LogP contribution is 2.39. The van der Waals surface area contributed by atoms with Gasteiger partial charge in [-0.05, 0) is 54.9 Å². The van der Waals surface area contributed by atoms with Crippen LogP contribution in [0.3, 0.4) is 0 Å². The van der Waals surface area contributed by atoms with Crippen LogP contribution in [0.2, 0.25) is 5.02 Å². The van der Waals surface area contributed by atoms with Crippen LogP contribution < -0.4 is 10.1 Å². The fourth-order valence-electron chi connectivity index (χ4n) is 2.95. The molecule has 0 aromatic heterocycles. The van der Waals surface area contributed by atoms with Crippen molar-refractivity contribution in [2.75, 3.05) is 13.7 Å². The standard InChI is InChI=1S/C17H17BrClNO/c1-10-7-13(19)3-4-14(10)16(20-2)15-9-12(18)8-11-5-6-21-17(11)15/h3-4,7-9,16,20H,5-6H2,1-2H3. The summed E-state index contributed by atoms with van der Waals surface area (Å²) in [6.07, 6.45) is 0.970. The molecule has 2 aromatic carbocycles. The minimum Gasteiger partial charge on any atom is -0.493 e. The molecule has 0 fully saturated rings. The molecule has 110 valence electrons. The molecule has 1 N–H and O–H groups in total. The van der Waals surface area contributed by atoms with Crippen LogP contribution >= 0.6 is 27.5 Å². The van der Waals surface area contributed by atoms with E-state index in [1.165, 1.54) is 22.3 Å². The van der Waals surface area contributed by atoms with Crippen molar-refractivity contribution in [2.45, 2.75) is 19.4 Å². The quantitative estimate of drug-likeness (QED) is 0.853. The van der Waals surface area contributed by atoms with Crippen LogP contribution in [0, 0.1) is 6.92 Å². The lowest BCUT2D eigenvalue weighted by molar-refractivity contribution is 0.351. The highest BCUT2D eigenvalue weighted by Gasteiger charge is 2.24. The van der Waals surface area contributed by atoms with E-state index in [4.69, 9.17) is 16.3 Å². The van der Waals surface area contributed by atoms with Crippen LogP contribution in [0.1, 0.15) is 28.3 Å². The van der Waals surface area contributed by atoms with Crippen LogP contribution in [0.5, 0.6) is 5.75 Å². The lowest BCUT2D eigenvalue weighted by Crippen LogP contribution is -2.19. The minimum absolute atomic E-state index is 0.0895. The third-order valence-corrected chi connectivity index (χ3v) is 4.61. The van der Waals surface area contributed by atoms with Gasteiger partial charge in [0.2, 0.25) is 0 Å². The Labute approximate surface area is 138 Å².